The Kier molecular flexibility index (Phi) is 3.93. The van der Waals surface area contributed by atoms with Crippen molar-refractivity contribution in [2.75, 3.05) is 0 Å². The van der Waals surface area contributed by atoms with E-state index in [1.807, 2.05) is 42.5 Å². The van der Waals surface area contributed by atoms with Crippen molar-refractivity contribution in [1.82, 2.24) is 4.98 Å². The van der Waals surface area contributed by atoms with Crippen molar-refractivity contribution >= 4 is 17.4 Å². The van der Waals surface area contributed by atoms with Crippen LogP contribution in [-0.2, 0) is 4.79 Å². The predicted octanol–water partition coefficient (Wildman–Crippen LogP) is 3.78. The molecule has 0 fully saturated rings. The van der Waals surface area contributed by atoms with Gasteiger partial charge < -0.3 is 0 Å². The van der Waals surface area contributed by atoms with Gasteiger partial charge in [0.05, 0.1) is 17.3 Å². The molecular weight excluding hydrogens is 272 g/mol. The van der Waals surface area contributed by atoms with Gasteiger partial charge in [0, 0.05) is 11.8 Å². The Bertz CT molecular complexity index is 811. The van der Waals surface area contributed by atoms with Gasteiger partial charge in [-0.1, -0.05) is 24.3 Å². The third kappa shape index (κ3) is 2.59. The summed E-state index contributed by atoms with van der Waals surface area (Å²) >= 11 is 0. The summed E-state index contributed by atoms with van der Waals surface area (Å²) in [5.41, 5.74) is 4.96. The topological polar surface area (TPSA) is 53.8 Å². The molecule has 3 heteroatoms. The van der Waals surface area contributed by atoms with Gasteiger partial charge in [-0.15, -0.1) is 0 Å². The summed E-state index contributed by atoms with van der Waals surface area (Å²) < 4.78 is 0. The molecule has 0 spiro atoms. The Morgan fingerprint density at radius 3 is 2.64 bits per heavy atom. The molecule has 3 nitrogen and oxygen atoms in total. The molecule has 0 aliphatic heterocycles. The van der Waals surface area contributed by atoms with Gasteiger partial charge >= 0.3 is 0 Å². The van der Waals surface area contributed by atoms with E-state index in [0.29, 0.717) is 12.0 Å². The van der Waals surface area contributed by atoms with Crippen LogP contribution in [0.5, 0.6) is 0 Å². The highest BCUT2D eigenvalue weighted by atomic mass is 16.1. The second-order valence-corrected chi connectivity index (χ2v) is 5.10. The first kappa shape index (κ1) is 14.0. The van der Waals surface area contributed by atoms with E-state index in [0.717, 1.165) is 40.7 Å². The lowest BCUT2D eigenvalue weighted by molar-refractivity contribution is -0.105. The first-order chi connectivity index (χ1) is 10.8. The molecule has 0 atom stereocenters. The van der Waals surface area contributed by atoms with Gasteiger partial charge in [-0.05, 0) is 53.8 Å². The number of carbonyl (C=O) groups is 1. The van der Waals surface area contributed by atoms with E-state index in [-0.39, 0.29) is 0 Å². The zero-order valence-electron chi connectivity index (χ0n) is 12.0. The van der Waals surface area contributed by atoms with Crippen molar-refractivity contribution in [3.8, 4) is 6.07 Å². The molecule has 0 N–H and O–H groups in total. The Morgan fingerprint density at radius 1 is 1.09 bits per heavy atom. The fourth-order valence-electron chi connectivity index (χ4n) is 2.69. The lowest BCUT2D eigenvalue weighted by Gasteiger charge is -2.18. The third-order valence-electron chi connectivity index (χ3n) is 3.80. The van der Waals surface area contributed by atoms with Gasteiger partial charge in [-0.2, -0.15) is 5.26 Å². The highest BCUT2D eigenvalue weighted by molar-refractivity contribution is 5.98. The van der Waals surface area contributed by atoms with Crippen molar-refractivity contribution in [3.63, 3.8) is 0 Å². The molecule has 1 aromatic carbocycles. The van der Waals surface area contributed by atoms with E-state index < -0.39 is 0 Å². The van der Waals surface area contributed by atoms with Crippen LogP contribution in [0.15, 0.2) is 60.3 Å². The maximum absolute atomic E-state index is 11.4. The second kappa shape index (κ2) is 6.19. The number of carbonyl (C=O) groups excluding carboxylic acids is 1. The molecule has 1 heterocycles. The summed E-state index contributed by atoms with van der Waals surface area (Å²) in [4.78, 5) is 15.8. The van der Waals surface area contributed by atoms with Crippen LogP contribution in [0.2, 0.25) is 0 Å². The van der Waals surface area contributed by atoms with Gasteiger partial charge in [-0.3, -0.25) is 9.78 Å². The van der Waals surface area contributed by atoms with Crippen LogP contribution in [-0.4, -0.2) is 11.3 Å². The van der Waals surface area contributed by atoms with Crippen molar-refractivity contribution in [2.24, 2.45) is 0 Å². The Morgan fingerprint density at radius 2 is 1.91 bits per heavy atom. The SMILES string of the molecule is N#Cc1ccccc1C1=C(C=O)CCC(c2ccccn2)=C1. The van der Waals surface area contributed by atoms with E-state index in [4.69, 9.17) is 0 Å². The summed E-state index contributed by atoms with van der Waals surface area (Å²) in [5.74, 6) is 0. The number of aldehydes is 1. The number of hydrogen-bond donors (Lipinski definition) is 0. The lowest BCUT2D eigenvalue weighted by Crippen LogP contribution is -2.02. The second-order valence-electron chi connectivity index (χ2n) is 5.10. The maximum Gasteiger partial charge on any atom is 0.146 e. The van der Waals surface area contributed by atoms with Gasteiger partial charge in [0.25, 0.3) is 0 Å². The number of aromatic nitrogens is 1. The third-order valence-corrected chi connectivity index (χ3v) is 3.80. The van der Waals surface area contributed by atoms with Crippen LogP contribution in [0.25, 0.3) is 11.1 Å². The monoisotopic (exact) mass is 286 g/mol. The molecule has 0 saturated carbocycles. The first-order valence-corrected chi connectivity index (χ1v) is 7.13. The van der Waals surface area contributed by atoms with Crippen molar-refractivity contribution < 1.29 is 4.79 Å². The summed E-state index contributed by atoms with van der Waals surface area (Å²) in [7, 11) is 0. The van der Waals surface area contributed by atoms with Crippen molar-refractivity contribution in [2.45, 2.75) is 12.8 Å². The zero-order chi connectivity index (χ0) is 15.4. The Labute approximate surface area is 129 Å². The molecule has 0 unspecified atom stereocenters. The van der Waals surface area contributed by atoms with Crippen LogP contribution in [0.1, 0.15) is 29.7 Å². The molecule has 1 aliphatic carbocycles. The Balaban J connectivity index is 2.14. The highest BCUT2D eigenvalue weighted by Gasteiger charge is 2.18. The number of nitriles is 1. The maximum atomic E-state index is 11.4. The van der Waals surface area contributed by atoms with Gasteiger partial charge in [0.1, 0.15) is 6.29 Å². The van der Waals surface area contributed by atoms with Crippen LogP contribution >= 0.6 is 0 Å². The largest absolute Gasteiger partial charge is 0.298 e. The van der Waals surface area contributed by atoms with Gasteiger partial charge in [0.15, 0.2) is 0 Å². The zero-order valence-corrected chi connectivity index (χ0v) is 12.0. The molecule has 1 aromatic heterocycles. The first-order valence-electron chi connectivity index (χ1n) is 7.13. The minimum atomic E-state index is 0.579. The van der Waals surface area contributed by atoms with Crippen LogP contribution in [0, 0.1) is 11.3 Å². The van der Waals surface area contributed by atoms with Crippen molar-refractivity contribution in [3.05, 3.63) is 77.1 Å². The summed E-state index contributed by atoms with van der Waals surface area (Å²) in [6.45, 7) is 0. The standard InChI is InChI=1S/C19H14N2O/c20-12-15-5-1-2-6-17(15)18-11-14(8-9-16(18)13-22)19-7-3-4-10-21-19/h1-7,10-11,13H,8-9H2. The lowest BCUT2D eigenvalue weighted by atomic mass is 9.86. The average Bonchev–Trinajstić information content (AvgIpc) is 2.62. The van der Waals surface area contributed by atoms with Crippen LogP contribution in [0.4, 0.5) is 0 Å². The van der Waals surface area contributed by atoms with Gasteiger partial charge in [0.2, 0.25) is 0 Å². The number of nitrogens with zero attached hydrogens (tertiary/aromatic N) is 2. The number of hydrogen-bond acceptors (Lipinski definition) is 3. The molecule has 0 radical (unpaired) electrons. The van der Waals surface area contributed by atoms with Gasteiger partial charge in [-0.25, -0.2) is 0 Å². The predicted molar refractivity (Wildman–Crippen MR) is 85.6 cm³/mol. The van der Waals surface area contributed by atoms with Crippen LogP contribution < -0.4 is 0 Å². The Hall–Kier alpha value is -2.99. The van der Waals surface area contributed by atoms with E-state index >= 15 is 0 Å². The smallest absolute Gasteiger partial charge is 0.146 e. The summed E-state index contributed by atoms with van der Waals surface area (Å²) in [6, 6.07) is 15.4. The number of rotatable bonds is 3. The van der Waals surface area contributed by atoms with Crippen LogP contribution in [0.3, 0.4) is 0 Å². The fraction of sp³-hybridized carbons (Fsp3) is 0.105. The summed E-state index contributed by atoms with van der Waals surface area (Å²) in [5, 5.41) is 9.30. The number of pyridine rings is 1. The van der Waals surface area contributed by atoms with Crippen molar-refractivity contribution in [1.29, 1.82) is 5.26 Å². The molecule has 22 heavy (non-hydrogen) atoms. The number of benzene rings is 1. The number of allylic oxidation sites excluding steroid dienone is 4. The highest BCUT2D eigenvalue weighted by Crippen LogP contribution is 2.34. The minimum Gasteiger partial charge on any atom is -0.298 e. The quantitative estimate of drug-likeness (QED) is 0.807. The molecule has 2 aromatic rings. The molecule has 0 amide bonds. The fourth-order valence-corrected chi connectivity index (χ4v) is 2.69. The molecule has 0 bridgehead atoms. The minimum absolute atomic E-state index is 0.579. The van der Waals surface area contributed by atoms with E-state index in [1.54, 1.807) is 12.3 Å². The molecule has 3 rings (SSSR count). The molecule has 0 saturated heterocycles. The average molecular weight is 286 g/mol. The van der Waals surface area contributed by atoms with E-state index in [2.05, 4.69) is 11.1 Å². The van der Waals surface area contributed by atoms with E-state index in [9.17, 15) is 10.1 Å². The molecule has 1 aliphatic rings. The summed E-state index contributed by atoms with van der Waals surface area (Å²) in [6.07, 6.45) is 6.10. The molecular formula is C19H14N2O. The van der Waals surface area contributed by atoms with E-state index in [1.165, 1.54) is 0 Å². The molecule has 106 valence electrons. The normalized spacial score (nSPS) is 14.2.